The van der Waals surface area contributed by atoms with Gasteiger partial charge in [-0.15, -0.1) is 0 Å². The average molecular weight is 479 g/mol. The molecule has 0 saturated carbocycles. The van der Waals surface area contributed by atoms with E-state index < -0.39 is 0 Å². The Labute approximate surface area is 211 Å². The van der Waals surface area contributed by atoms with Crippen molar-refractivity contribution in [2.75, 3.05) is 20.2 Å². The highest BCUT2D eigenvalue weighted by Gasteiger charge is 2.40. The summed E-state index contributed by atoms with van der Waals surface area (Å²) in [6, 6.07) is 11.6. The van der Waals surface area contributed by atoms with E-state index in [0.717, 1.165) is 35.3 Å². The first-order valence-corrected chi connectivity index (χ1v) is 12.7. The number of para-hydroxylation sites is 1. The maximum absolute atomic E-state index is 13.6. The number of aromatic hydroxyl groups is 1. The largest absolute Gasteiger partial charge is 0.507 e. The SMILES string of the molecule is CCC[C@H]1CN(CC(=O)c2cc(C(C)(C)C)c(O)c(C(C)(C)C)c2)C(=N)[C@@H]1c1ccccc1OC. The van der Waals surface area contributed by atoms with Gasteiger partial charge in [0, 0.05) is 34.7 Å². The van der Waals surface area contributed by atoms with Gasteiger partial charge in [0.1, 0.15) is 17.3 Å². The Morgan fingerprint density at radius 2 is 1.66 bits per heavy atom. The van der Waals surface area contributed by atoms with Crippen LogP contribution in [0.2, 0.25) is 0 Å². The smallest absolute Gasteiger partial charge is 0.182 e. The minimum Gasteiger partial charge on any atom is -0.507 e. The predicted molar refractivity (Wildman–Crippen MR) is 143 cm³/mol. The van der Waals surface area contributed by atoms with E-state index in [1.165, 1.54) is 0 Å². The van der Waals surface area contributed by atoms with E-state index in [4.69, 9.17) is 10.1 Å². The molecule has 1 aliphatic heterocycles. The molecular weight excluding hydrogens is 436 g/mol. The quantitative estimate of drug-likeness (QED) is 0.436. The summed E-state index contributed by atoms with van der Waals surface area (Å²) in [5.74, 6) is 1.68. The predicted octanol–water partition coefficient (Wildman–Crippen LogP) is 6.67. The summed E-state index contributed by atoms with van der Waals surface area (Å²) in [5.41, 5.74) is 2.56. The molecule has 1 fully saturated rings. The number of rotatable bonds is 7. The fraction of sp³-hybridized carbons (Fsp3) is 0.533. The average Bonchev–Trinajstić information content (AvgIpc) is 3.06. The zero-order chi connectivity index (χ0) is 26.1. The summed E-state index contributed by atoms with van der Waals surface area (Å²) < 4.78 is 5.61. The first-order chi connectivity index (χ1) is 16.3. The van der Waals surface area contributed by atoms with Crippen LogP contribution in [0.25, 0.3) is 0 Å². The van der Waals surface area contributed by atoms with Gasteiger partial charge in [0.05, 0.1) is 13.7 Å². The molecule has 1 heterocycles. The molecule has 0 amide bonds. The number of ketones is 1. The van der Waals surface area contributed by atoms with Gasteiger partial charge in [-0.05, 0) is 41.4 Å². The fourth-order valence-corrected chi connectivity index (χ4v) is 5.21. The van der Waals surface area contributed by atoms with Gasteiger partial charge in [0.2, 0.25) is 0 Å². The fourth-order valence-electron chi connectivity index (χ4n) is 5.21. The number of methoxy groups -OCH3 is 1. The highest BCUT2D eigenvalue weighted by atomic mass is 16.5. The molecule has 1 aliphatic rings. The maximum atomic E-state index is 13.6. The molecule has 5 nitrogen and oxygen atoms in total. The normalized spacial score (nSPS) is 18.7. The molecule has 2 N–H and O–H groups in total. The van der Waals surface area contributed by atoms with Crippen LogP contribution in [-0.2, 0) is 10.8 Å². The number of benzene rings is 2. The van der Waals surface area contributed by atoms with Crippen molar-refractivity contribution in [1.82, 2.24) is 4.90 Å². The molecule has 5 heteroatoms. The summed E-state index contributed by atoms with van der Waals surface area (Å²) >= 11 is 0. The highest BCUT2D eigenvalue weighted by molar-refractivity contribution is 6.01. The topological polar surface area (TPSA) is 73.6 Å². The van der Waals surface area contributed by atoms with E-state index in [2.05, 4.69) is 6.92 Å². The van der Waals surface area contributed by atoms with Crippen LogP contribution in [0.5, 0.6) is 11.5 Å². The third-order valence-corrected chi connectivity index (χ3v) is 7.08. The van der Waals surface area contributed by atoms with Crippen LogP contribution in [0.1, 0.15) is 94.3 Å². The summed E-state index contributed by atoms with van der Waals surface area (Å²) in [5, 5.41) is 20.1. The Morgan fingerprint density at radius 3 is 2.17 bits per heavy atom. The number of nitrogens with zero attached hydrogens (tertiary/aromatic N) is 1. The summed E-state index contributed by atoms with van der Waals surface area (Å²) in [7, 11) is 1.66. The maximum Gasteiger partial charge on any atom is 0.182 e. The number of carbonyl (C=O) groups is 1. The lowest BCUT2D eigenvalue weighted by Crippen LogP contribution is -2.32. The molecule has 0 bridgehead atoms. The molecule has 2 atom stereocenters. The number of phenolic OH excluding ortho intramolecular Hbond substituents is 1. The molecule has 2 aromatic rings. The van der Waals surface area contributed by atoms with Crippen molar-refractivity contribution in [3.05, 3.63) is 58.7 Å². The Bertz CT molecular complexity index is 1060. The molecule has 0 radical (unpaired) electrons. The molecule has 35 heavy (non-hydrogen) atoms. The minimum atomic E-state index is -0.304. The lowest BCUT2D eigenvalue weighted by Gasteiger charge is -2.28. The van der Waals surface area contributed by atoms with Crippen molar-refractivity contribution >= 4 is 11.6 Å². The highest BCUT2D eigenvalue weighted by Crippen LogP contribution is 2.42. The zero-order valence-corrected chi connectivity index (χ0v) is 22.7. The molecule has 2 aromatic carbocycles. The second-order valence-electron chi connectivity index (χ2n) is 11.9. The van der Waals surface area contributed by atoms with Crippen molar-refractivity contribution in [3.63, 3.8) is 0 Å². The van der Waals surface area contributed by atoms with E-state index >= 15 is 0 Å². The van der Waals surface area contributed by atoms with Crippen LogP contribution in [-0.4, -0.2) is 41.8 Å². The van der Waals surface area contributed by atoms with Gasteiger partial charge in [-0.3, -0.25) is 10.2 Å². The molecule has 0 spiro atoms. The standard InChI is InChI=1S/C30H42N2O3/c1-9-12-19-17-32(28(31)26(19)21-13-10-11-14-25(21)35-8)18-24(33)20-15-22(29(2,3)4)27(34)23(16-20)30(5,6)7/h10-11,13-16,19,26,31,34H,9,12,17-18H2,1-8H3/t19-,26-/m0/s1. The van der Waals surface area contributed by atoms with Gasteiger partial charge in [-0.1, -0.05) is 73.1 Å². The van der Waals surface area contributed by atoms with Gasteiger partial charge < -0.3 is 14.7 Å². The number of Topliss-reactive ketones (excluding diaryl/α,β-unsaturated/α-hetero) is 1. The van der Waals surface area contributed by atoms with Gasteiger partial charge >= 0.3 is 0 Å². The number of ether oxygens (including phenoxy) is 1. The van der Waals surface area contributed by atoms with Crippen LogP contribution < -0.4 is 4.74 Å². The Hall–Kier alpha value is -2.82. The Morgan fingerprint density at radius 1 is 1.09 bits per heavy atom. The van der Waals surface area contributed by atoms with Gasteiger partial charge in [0.15, 0.2) is 5.78 Å². The second kappa shape index (κ2) is 10.0. The molecule has 1 saturated heterocycles. The molecule has 0 aliphatic carbocycles. The first kappa shape index (κ1) is 26.8. The van der Waals surface area contributed by atoms with Crippen molar-refractivity contribution in [3.8, 4) is 11.5 Å². The van der Waals surface area contributed by atoms with Crippen LogP contribution in [0.3, 0.4) is 0 Å². The van der Waals surface area contributed by atoms with Crippen LogP contribution >= 0.6 is 0 Å². The number of amidine groups is 1. The first-order valence-electron chi connectivity index (χ1n) is 12.7. The van der Waals surface area contributed by atoms with Crippen molar-refractivity contribution in [1.29, 1.82) is 5.41 Å². The number of phenols is 1. The monoisotopic (exact) mass is 478 g/mol. The molecular formula is C30H42N2O3. The van der Waals surface area contributed by atoms with E-state index in [-0.39, 0.29) is 40.7 Å². The van der Waals surface area contributed by atoms with Gasteiger partial charge in [-0.25, -0.2) is 0 Å². The number of hydrogen-bond donors (Lipinski definition) is 2. The summed E-state index contributed by atoms with van der Waals surface area (Å²) in [6.07, 6.45) is 2.00. The van der Waals surface area contributed by atoms with Gasteiger partial charge in [-0.2, -0.15) is 0 Å². The van der Waals surface area contributed by atoms with E-state index in [0.29, 0.717) is 17.9 Å². The van der Waals surface area contributed by atoms with E-state index in [9.17, 15) is 9.90 Å². The molecule has 190 valence electrons. The number of likely N-dealkylation sites (tertiary alicyclic amines) is 1. The third kappa shape index (κ3) is 5.55. The van der Waals surface area contributed by atoms with Crippen molar-refractivity contribution in [2.45, 2.75) is 78.1 Å². The van der Waals surface area contributed by atoms with Crippen molar-refractivity contribution < 1.29 is 14.6 Å². The lowest BCUT2D eigenvalue weighted by molar-refractivity contribution is 0.0963. The number of nitrogens with one attached hydrogen (secondary N) is 1. The third-order valence-electron chi connectivity index (χ3n) is 7.08. The van der Waals surface area contributed by atoms with Crippen molar-refractivity contribution in [2.24, 2.45) is 5.92 Å². The van der Waals surface area contributed by atoms with Crippen LogP contribution in [0, 0.1) is 11.3 Å². The minimum absolute atomic E-state index is 0.0262. The van der Waals surface area contributed by atoms with Crippen LogP contribution in [0.15, 0.2) is 36.4 Å². The number of carbonyl (C=O) groups excluding carboxylic acids is 1. The summed E-state index contributed by atoms with van der Waals surface area (Å²) in [4.78, 5) is 15.5. The van der Waals surface area contributed by atoms with E-state index in [1.807, 2.05) is 82.8 Å². The molecule has 0 aromatic heterocycles. The Kier molecular flexibility index (Phi) is 7.68. The second-order valence-corrected chi connectivity index (χ2v) is 11.9. The lowest BCUT2D eigenvalue weighted by atomic mass is 9.78. The van der Waals surface area contributed by atoms with Gasteiger partial charge in [0.25, 0.3) is 0 Å². The Balaban J connectivity index is 1.96. The number of hydrogen-bond acceptors (Lipinski definition) is 4. The van der Waals surface area contributed by atoms with Crippen LogP contribution in [0.4, 0.5) is 0 Å². The van der Waals surface area contributed by atoms with E-state index in [1.54, 1.807) is 7.11 Å². The molecule has 0 unspecified atom stereocenters. The summed E-state index contributed by atoms with van der Waals surface area (Å²) in [6.45, 7) is 15.3. The zero-order valence-electron chi connectivity index (χ0n) is 22.7. The molecule has 3 rings (SSSR count).